The number of hydrogen-bond acceptors (Lipinski definition) is 6. The van der Waals surface area contributed by atoms with Crippen molar-refractivity contribution in [2.24, 2.45) is 0 Å². The summed E-state index contributed by atoms with van der Waals surface area (Å²) >= 11 is 6.16. The van der Waals surface area contributed by atoms with Crippen LogP contribution in [0.4, 0.5) is 23.2 Å². The maximum atomic E-state index is 14.2. The lowest BCUT2D eigenvalue weighted by Gasteiger charge is -2.26. The van der Waals surface area contributed by atoms with Crippen molar-refractivity contribution in [3.63, 3.8) is 0 Å². The van der Waals surface area contributed by atoms with Crippen molar-refractivity contribution < 1.29 is 45.0 Å². The summed E-state index contributed by atoms with van der Waals surface area (Å²) in [6.07, 6.45) is -4.51. The van der Waals surface area contributed by atoms with E-state index in [0.717, 1.165) is 35.7 Å². The van der Waals surface area contributed by atoms with Crippen molar-refractivity contribution in [1.29, 1.82) is 0 Å². The van der Waals surface area contributed by atoms with Crippen molar-refractivity contribution in [3.8, 4) is 16.9 Å². The Morgan fingerprint density at radius 3 is 2.39 bits per heavy atom. The Balaban J connectivity index is 1.32. The molecular formula is C32H25ClF4N2O6S. The summed E-state index contributed by atoms with van der Waals surface area (Å²) < 4.78 is 92.9. The van der Waals surface area contributed by atoms with E-state index >= 15 is 0 Å². The molecule has 0 fully saturated rings. The molecule has 1 heterocycles. The minimum atomic E-state index is -4.59. The Morgan fingerprint density at radius 2 is 1.72 bits per heavy atom. The molecule has 0 unspecified atom stereocenters. The first kappa shape index (κ1) is 32.8. The molecule has 0 aliphatic carbocycles. The maximum absolute atomic E-state index is 14.2. The normalized spacial score (nSPS) is 14.5. The van der Waals surface area contributed by atoms with Crippen molar-refractivity contribution in [1.82, 2.24) is 5.32 Å². The van der Waals surface area contributed by atoms with Crippen molar-refractivity contribution >= 4 is 39.2 Å². The Hall–Kier alpha value is -4.62. The summed E-state index contributed by atoms with van der Waals surface area (Å²) in [5.74, 6) is -2.19. The van der Waals surface area contributed by atoms with Crippen molar-refractivity contribution in [2.45, 2.75) is 23.5 Å². The number of para-hydroxylation sites is 1. The molecule has 0 bridgehead atoms. The predicted octanol–water partition coefficient (Wildman–Crippen LogP) is 6.27. The number of halogens is 5. The second-order valence-corrected chi connectivity index (χ2v) is 12.4. The summed E-state index contributed by atoms with van der Waals surface area (Å²) in [7, 11) is -3.20. The molecule has 14 heteroatoms. The maximum Gasteiger partial charge on any atom is 0.416 e. The molecule has 0 saturated heterocycles. The zero-order chi connectivity index (χ0) is 33.2. The Bertz CT molecular complexity index is 1900. The third-order valence-corrected chi connectivity index (χ3v) is 9.43. The van der Waals surface area contributed by atoms with Gasteiger partial charge in [0, 0.05) is 23.1 Å². The van der Waals surface area contributed by atoms with Gasteiger partial charge in [0.15, 0.2) is 0 Å². The summed E-state index contributed by atoms with van der Waals surface area (Å²) in [5, 5.41) is 2.70. The van der Waals surface area contributed by atoms with E-state index in [-0.39, 0.29) is 51.9 Å². The summed E-state index contributed by atoms with van der Waals surface area (Å²) in [6.45, 7) is -0.138. The number of amides is 1. The van der Waals surface area contributed by atoms with Gasteiger partial charge in [0.25, 0.3) is 10.0 Å². The molecule has 0 saturated carbocycles. The van der Waals surface area contributed by atoms with Gasteiger partial charge in [-0.1, -0.05) is 41.9 Å². The van der Waals surface area contributed by atoms with Crippen LogP contribution >= 0.6 is 11.6 Å². The van der Waals surface area contributed by atoms with Gasteiger partial charge in [0.05, 0.1) is 35.4 Å². The van der Waals surface area contributed by atoms with Gasteiger partial charge in [-0.3, -0.25) is 9.10 Å². The van der Waals surface area contributed by atoms with Gasteiger partial charge in [-0.05, 0) is 59.7 Å². The van der Waals surface area contributed by atoms with Crippen molar-refractivity contribution in [2.75, 3.05) is 24.6 Å². The van der Waals surface area contributed by atoms with Crippen LogP contribution in [0.5, 0.6) is 5.75 Å². The standard InChI is InChI=1S/C32H25ClF4N2O6S/c1-44-31(41)24-12-9-22(18-27(24)34)45-15-14-38-30(40)29-16-20-4-2-3-5-28(20)39(29)46(42,43)23-10-6-19(7-11-23)25-17-21(32(35,36)37)8-13-26(25)33/h2-13,17-18,29H,14-16H2,1H3,(H,38,40)/t29-/m0/s1. The molecule has 4 aromatic carbocycles. The van der Waals surface area contributed by atoms with Crippen LogP contribution in [0.25, 0.3) is 11.1 Å². The van der Waals surface area contributed by atoms with E-state index in [4.69, 9.17) is 16.3 Å². The summed E-state index contributed by atoms with van der Waals surface area (Å²) in [4.78, 5) is 24.7. The number of esters is 1. The number of rotatable bonds is 9. The number of carbonyl (C=O) groups is 2. The topological polar surface area (TPSA) is 102 Å². The van der Waals surface area contributed by atoms with Crippen molar-refractivity contribution in [3.05, 3.63) is 112 Å². The Labute approximate surface area is 266 Å². The van der Waals surface area contributed by atoms with Gasteiger partial charge in [-0.2, -0.15) is 13.2 Å². The molecule has 1 N–H and O–H groups in total. The minimum absolute atomic E-state index is 0.0492. The quantitative estimate of drug-likeness (QED) is 0.128. The van der Waals surface area contributed by atoms with E-state index < -0.39 is 45.5 Å². The SMILES string of the molecule is COC(=O)c1ccc(OCCNC(=O)[C@@H]2Cc3ccccc3N2S(=O)(=O)c2ccc(-c3cc(C(F)(F)F)ccc3Cl)cc2)cc1F. The molecule has 0 radical (unpaired) electrons. The van der Waals surface area contributed by atoms with E-state index in [0.29, 0.717) is 11.3 Å². The molecule has 1 aliphatic rings. The predicted molar refractivity (Wildman–Crippen MR) is 162 cm³/mol. The zero-order valence-corrected chi connectivity index (χ0v) is 25.5. The van der Waals surface area contributed by atoms with E-state index in [2.05, 4.69) is 10.1 Å². The molecule has 240 valence electrons. The van der Waals surface area contributed by atoms with E-state index in [9.17, 15) is 35.6 Å². The van der Waals surface area contributed by atoms with E-state index in [1.165, 1.54) is 36.4 Å². The minimum Gasteiger partial charge on any atom is -0.492 e. The lowest BCUT2D eigenvalue weighted by atomic mass is 10.0. The fourth-order valence-corrected chi connectivity index (χ4v) is 6.89. The smallest absolute Gasteiger partial charge is 0.416 e. The van der Waals surface area contributed by atoms with Crippen LogP contribution in [0.2, 0.25) is 5.02 Å². The second-order valence-electron chi connectivity index (χ2n) is 10.1. The summed E-state index contributed by atoms with van der Waals surface area (Å²) in [6, 6.07) is 17.1. The second kappa shape index (κ2) is 13.0. The molecule has 5 rings (SSSR count). The first-order valence-corrected chi connectivity index (χ1v) is 15.5. The molecule has 0 aromatic heterocycles. The first-order valence-electron chi connectivity index (χ1n) is 13.7. The fraction of sp³-hybridized carbons (Fsp3) is 0.188. The molecule has 1 aliphatic heterocycles. The average molecular weight is 677 g/mol. The third-order valence-electron chi connectivity index (χ3n) is 7.26. The van der Waals surface area contributed by atoms with Gasteiger partial charge in [-0.25, -0.2) is 17.6 Å². The number of alkyl halides is 3. The van der Waals surface area contributed by atoms with Gasteiger partial charge >= 0.3 is 12.1 Å². The number of nitrogens with one attached hydrogen (secondary N) is 1. The summed E-state index contributed by atoms with van der Waals surface area (Å²) in [5.41, 5.74) is 0.111. The van der Waals surface area contributed by atoms with Gasteiger partial charge in [-0.15, -0.1) is 0 Å². The number of hydrogen-bond donors (Lipinski definition) is 1. The van der Waals surface area contributed by atoms with Crippen LogP contribution in [0.3, 0.4) is 0 Å². The lowest BCUT2D eigenvalue weighted by Crippen LogP contribution is -2.48. The van der Waals surface area contributed by atoms with Crippen LogP contribution in [0.1, 0.15) is 21.5 Å². The average Bonchev–Trinajstić information content (AvgIpc) is 3.43. The zero-order valence-electron chi connectivity index (χ0n) is 24.0. The van der Waals surface area contributed by atoms with Crippen LogP contribution in [0.15, 0.2) is 89.8 Å². The fourth-order valence-electron chi connectivity index (χ4n) is 5.02. The molecule has 4 aromatic rings. The molecule has 0 spiro atoms. The highest BCUT2D eigenvalue weighted by atomic mass is 35.5. The van der Waals surface area contributed by atoms with Crippen LogP contribution in [0, 0.1) is 5.82 Å². The van der Waals surface area contributed by atoms with Crippen LogP contribution in [-0.2, 0) is 32.2 Å². The highest BCUT2D eigenvalue weighted by molar-refractivity contribution is 7.93. The Kier molecular flexibility index (Phi) is 9.27. The number of nitrogens with zero attached hydrogens (tertiary/aromatic N) is 1. The molecule has 1 amide bonds. The number of sulfonamides is 1. The monoisotopic (exact) mass is 676 g/mol. The van der Waals surface area contributed by atoms with Crippen LogP contribution < -0.4 is 14.4 Å². The number of methoxy groups -OCH3 is 1. The largest absolute Gasteiger partial charge is 0.492 e. The highest BCUT2D eigenvalue weighted by Crippen LogP contribution is 2.39. The number of carbonyl (C=O) groups excluding carboxylic acids is 2. The molecule has 8 nitrogen and oxygen atoms in total. The number of fused-ring (bicyclic) bond motifs is 1. The van der Waals surface area contributed by atoms with Crippen LogP contribution in [-0.4, -0.2) is 46.6 Å². The Morgan fingerprint density at radius 1 is 1.00 bits per heavy atom. The van der Waals surface area contributed by atoms with E-state index in [1.807, 2.05) is 0 Å². The lowest BCUT2D eigenvalue weighted by molar-refractivity contribution is -0.137. The number of anilines is 1. The highest BCUT2D eigenvalue weighted by Gasteiger charge is 2.42. The van der Waals surface area contributed by atoms with Gasteiger partial charge in [0.2, 0.25) is 5.91 Å². The number of ether oxygens (including phenoxy) is 2. The van der Waals surface area contributed by atoms with Gasteiger partial charge < -0.3 is 14.8 Å². The molecular weight excluding hydrogens is 652 g/mol. The third kappa shape index (κ3) is 6.65. The van der Waals surface area contributed by atoms with E-state index in [1.54, 1.807) is 24.3 Å². The van der Waals surface area contributed by atoms with Gasteiger partial charge in [0.1, 0.15) is 24.2 Å². The molecule has 1 atom stereocenters. The number of benzene rings is 4. The molecule has 46 heavy (non-hydrogen) atoms. The first-order chi connectivity index (χ1) is 21.8.